The van der Waals surface area contributed by atoms with Gasteiger partial charge in [0.1, 0.15) is 0 Å². The summed E-state index contributed by atoms with van der Waals surface area (Å²) in [6.07, 6.45) is 0. The first-order valence-electron chi connectivity index (χ1n) is 7.23. The van der Waals surface area contributed by atoms with Crippen LogP contribution in [0.2, 0.25) is 0 Å². The van der Waals surface area contributed by atoms with Crippen molar-refractivity contribution < 1.29 is 19.8 Å². The zero-order valence-electron chi connectivity index (χ0n) is 13.1. The Morgan fingerprint density at radius 1 is 0.750 bits per heavy atom. The topological polar surface area (TPSA) is 99.3 Å². The van der Waals surface area contributed by atoms with E-state index in [4.69, 9.17) is 0 Å². The molecule has 0 saturated carbocycles. The van der Waals surface area contributed by atoms with Crippen molar-refractivity contribution in [3.63, 3.8) is 0 Å². The highest BCUT2D eigenvalue weighted by Crippen LogP contribution is 2.08. The summed E-state index contributed by atoms with van der Waals surface area (Å²) in [5.41, 5.74) is 1.57. The second kappa shape index (κ2) is 5.73. The van der Waals surface area contributed by atoms with E-state index in [0.717, 1.165) is 0 Å². The number of benzene rings is 2. The molecular formula is C18H14N2O4. The third kappa shape index (κ3) is 2.69. The minimum atomic E-state index is -1.03. The predicted molar refractivity (Wildman–Crippen MR) is 85.2 cm³/mol. The van der Waals surface area contributed by atoms with E-state index in [2.05, 4.69) is 9.98 Å². The van der Waals surface area contributed by atoms with E-state index < -0.39 is 11.9 Å². The molecule has 0 atom stereocenters. The van der Waals surface area contributed by atoms with Gasteiger partial charge in [0, 0.05) is 10.4 Å². The highest BCUT2D eigenvalue weighted by Gasteiger charge is 2.08. The van der Waals surface area contributed by atoms with Crippen LogP contribution in [0.25, 0.3) is 0 Å². The maximum absolute atomic E-state index is 11.2. The Labute approximate surface area is 136 Å². The van der Waals surface area contributed by atoms with Gasteiger partial charge < -0.3 is 10.2 Å². The van der Waals surface area contributed by atoms with Crippen LogP contribution in [0.1, 0.15) is 34.6 Å². The summed E-state index contributed by atoms with van der Waals surface area (Å²) in [6, 6.07) is 9.36. The minimum Gasteiger partial charge on any atom is -0.478 e. The fraction of sp³-hybridized carbons (Fsp3) is 0.111. The van der Waals surface area contributed by atoms with E-state index in [1.54, 1.807) is 26.0 Å². The van der Waals surface area contributed by atoms with Gasteiger partial charge in [0.15, 0.2) is 0 Å². The first-order chi connectivity index (χ1) is 11.4. The van der Waals surface area contributed by atoms with Gasteiger partial charge in [-0.05, 0) is 38.1 Å². The summed E-state index contributed by atoms with van der Waals surface area (Å²) in [5.74, 6) is -2.06. The number of hydrogen-bond acceptors (Lipinski definition) is 4. The van der Waals surface area contributed by atoms with E-state index in [-0.39, 0.29) is 11.1 Å². The van der Waals surface area contributed by atoms with Crippen LogP contribution in [0, 0.1) is 10.4 Å². The molecule has 0 fully saturated rings. The van der Waals surface area contributed by atoms with Crippen molar-refractivity contribution in [3.8, 4) is 0 Å². The highest BCUT2D eigenvalue weighted by molar-refractivity contribution is 5.88. The Morgan fingerprint density at radius 2 is 1.12 bits per heavy atom. The first kappa shape index (κ1) is 15.6. The van der Waals surface area contributed by atoms with Crippen molar-refractivity contribution in [2.75, 3.05) is 0 Å². The SMILES string of the molecule is CC1=C(C)/N=c2/cc(C(=O)O)cc/c2=c2\ccc(C(=O)O)c\c2=N\1. The van der Waals surface area contributed by atoms with Crippen molar-refractivity contribution in [3.05, 3.63) is 80.1 Å². The van der Waals surface area contributed by atoms with E-state index in [9.17, 15) is 19.8 Å². The number of rotatable bonds is 2. The van der Waals surface area contributed by atoms with Gasteiger partial charge in [-0.2, -0.15) is 0 Å². The van der Waals surface area contributed by atoms with E-state index in [1.807, 2.05) is 0 Å². The molecule has 0 saturated heterocycles. The molecule has 1 heterocycles. The second-order valence-electron chi connectivity index (χ2n) is 5.47. The van der Waals surface area contributed by atoms with Gasteiger partial charge in [-0.1, -0.05) is 12.1 Å². The number of carbonyl (C=O) groups is 2. The number of hydrogen-bond donors (Lipinski definition) is 2. The molecule has 3 rings (SSSR count). The third-order valence-electron chi connectivity index (χ3n) is 3.88. The lowest BCUT2D eigenvalue weighted by Gasteiger charge is -2.04. The smallest absolute Gasteiger partial charge is 0.335 e. The summed E-state index contributed by atoms with van der Waals surface area (Å²) in [6.45, 7) is 3.56. The van der Waals surface area contributed by atoms with Crippen LogP contribution in [-0.2, 0) is 0 Å². The van der Waals surface area contributed by atoms with Crippen molar-refractivity contribution in [1.29, 1.82) is 0 Å². The highest BCUT2D eigenvalue weighted by atomic mass is 16.4. The lowest BCUT2D eigenvalue weighted by Crippen LogP contribution is -2.16. The Morgan fingerprint density at radius 3 is 1.46 bits per heavy atom. The Bertz CT molecular complexity index is 1040. The molecular weight excluding hydrogens is 308 g/mol. The number of fused-ring (bicyclic) bond motifs is 2. The maximum atomic E-state index is 11.2. The molecule has 1 aliphatic heterocycles. The normalized spacial score (nSPS) is 20.2. The van der Waals surface area contributed by atoms with Crippen LogP contribution >= 0.6 is 0 Å². The van der Waals surface area contributed by atoms with Gasteiger partial charge in [0.2, 0.25) is 0 Å². The maximum Gasteiger partial charge on any atom is 0.335 e. The lowest BCUT2D eigenvalue weighted by atomic mass is 10.1. The summed E-state index contributed by atoms with van der Waals surface area (Å²) >= 11 is 0. The average molecular weight is 322 g/mol. The summed E-state index contributed by atoms with van der Waals surface area (Å²) in [5, 5.41) is 20.8. The van der Waals surface area contributed by atoms with Crippen LogP contribution in [-0.4, -0.2) is 22.2 Å². The molecule has 2 N–H and O–H groups in total. The zero-order valence-corrected chi connectivity index (χ0v) is 13.1. The zero-order chi connectivity index (χ0) is 17.4. The van der Waals surface area contributed by atoms with Crippen LogP contribution in [0.3, 0.4) is 0 Å². The molecule has 24 heavy (non-hydrogen) atoms. The molecule has 6 heteroatoms. The van der Waals surface area contributed by atoms with E-state index >= 15 is 0 Å². The lowest BCUT2D eigenvalue weighted by molar-refractivity contribution is 0.0686. The molecule has 0 aliphatic carbocycles. The molecule has 0 radical (unpaired) electrons. The number of carboxylic acid groups (broad SMARTS) is 2. The van der Waals surface area contributed by atoms with Crippen molar-refractivity contribution in [1.82, 2.24) is 0 Å². The van der Waals surface area contributed by atoms with Gasteiger partial charge in [-0.15, -0.1) is 0 Å². The number of carboxylic acids is 2. The Balaban J connectivity index is 2.57. The molecule has 0 unspecified atom stereocenters. The fourth-order valence-electron chi connectivity index (χ4n) is 2.49. The molecule has 1 aliphatic rings. The van der Waals surface area contributed by atoms with Gasteiger partial charge in [0.25, 0.3) is 0 Å². The Hall–Kier alpha value is -3.28. The van der Waals surface area contributed by atoms with Crippen molar-refractivity contribution >= 4 is 11.9 Å². The molecule has 2 aromatic rings. The van der Waals surface area contributed by atoms with E-state index in [0.29, 0.717) is 32.5 Å². The second-order valence-corrected chi connectivity index (χ2v) is 5.47. The Kier molecular flexibility index (Phi) is 3.73. The van der Waals surface area contributed by atoms with Crippen LogP contribution in [0.4, 0.5) is 0 Å². The van der Waals surface area contributed by atoms with Gasteiger partial charge in [0.05, 0.1) is 33.2 Å². The fourth-order valence-corrected chi connectivity index (χ4v) is 2.49. The standard InChI is InChI=1S/C18H14N2O4/c1-9-10(2)20-16-8-12(18(23)24)4-6-14(16)13-5-3-11(17(21)22)7-15(13)19-9/h3-8H,1-2H3,(H,21,22)(H,23,24)/b10-9-,14-13-,19-9?,19-15-,20-10?,20-16-. The van der Waals surface area contributed by atoms with Crippen LogP contribution < -0.4 is 10.7 Å². The minimum absolute atomic E-state index is 0.143. The van der Waals surface area contributed by atoms with Crippen LogP contribution in [0.15, 0.2) is 57.8 Å². The predicted octanol–water partition coefficient (Wildman–Crippen LogP) is 1.87. The number of aromatic carboxylic acids is 2. The average Bonchev–Trinajstić information content (AvgIpc) is 2.53. The van der Waals surface area contributed by atoms with Gasteiger partial charge in [-0.25, -0.2) is 9.59 Å². The quantitative estimate of drug-likeness (QED) is 0.881. The summed E-state index contributed by atoms with van der Waals surface area (Å²) in [4.78, 5) is 31.4. The molecule has 6 nitrogen and oxygen atoms in total. The molecule has 0 amide bonds. The monoisotopic (exact) mass is 322 g/mol. The molecule has 0 bridgehead atoms. The van der Waals surface area contributed by atoms with Gasteiger partial charge in [-0.3, -0.25) is 9.98 Å². The molecule has 2 aromatic carbocycles. The van der Waals surface area contributed by atoms with Crippen molar-refractivity contribution in [2.24, 2.45) is 9.98 Å². The molecule has 0 spiro atoms. The molecule has 0 aromatic heterocycles. The van der Waals surface area contributed by atoms with Crippen molar-refractivity contribution in [2.45, 2.75) is 13.8 Å². The summed E-state index contributed by atoms with van der Waals surface area (Å²) < 4.78 is 0. The third-order valence-corrected chi connectivity index (χ3v) is 3.88. The summed E-state index contributed by atoms with van der Waals surface area (Å²) in [7, 11) is 0. The number of nitrogens with zero attached hydrogens (tertiary/aromatic N) is 2. The van der Waals surface area contributed by atoms with Gasteiger partial charge >= 0.3 is 11.9 Å². The largest absolute Gasteiger partial charge is 0.478 e. The van der Waals surface area contributed by atoms with E-state index in [1.165, 1.54) is 24.3 Å². The first-order valence-corrected chi connectivity index (χ1v) is 7.23. The van der Waals surface area contributed by atoms with Crippen LogP contribution in [0.5, 0.6) is 0 Å². The molecule has 120 valence electrons. The number of allylic oxidation sites excluding steroid dienone is 2.